The van der Waals surface area contributed by atoms with E-state index in [0.29, 0.717) is 0 Å². The lowest BCUT2D eigenvalue weighted by Crippen LogP contribution is -2.35. The molecule has 6 heteroatoms. The van der Waals surface area contributed by atoms with Gasteiger partial charge < -0.3 is 15.4 Å². The molecule has 0 spiro atoms. The molecule has 5 nitrogen and oxygen atoms in total. The number of anilines is 1. The van der Waals surface area contributed by atoms with E-state index >= 15 is 0 Å². The number of ether oxygens (including phenoxy) is 1. The lowest BCUT2D eigenvalue weighted by molar-refractivity contribution is -0.146. The Morgan fingerprint density at radius 1 is 1.27 bits per heavy atom. The Morgan fingerprint density at radius 2 is 1.91 bits per heavy atom. The van der Waals surface area contributed by atoms with Crippen LogP contribution in [0.2, 0.25) is 0 Å². The minimum atomic E-state index is -0.704. The van der Waals surface area contributed by atoms with Crippen molar-refractivity contribution in [2.24, 2.45) is 0 Å². The lowest BCUT2D eigenvalue weighted by atomic mass is 9.85. The fourth-order valence-electron chi connectivity index (χ4n) is 2.48. The van der Waals surface area contributed by atoms with E-state index < -0.39 is 5.41 Å². The molecule has 1 aliphatic rings. The van der Waals surface area contributed by atoms with Crippen molar-refractivity contribution in [1.82, 2.24) is 5.32 Å². The van der Waals surface area contributed by atoms with Gasteiger partial charge in [0, 0.05) is 5.69 Å². The summed E-state index contributed by atoms with van der Waals surface area (Å²) in [4.78, 5) is 23.8. The molecule has 1 amide bonds. The molecule has 1 atom stereocenters. The van der Waals surface area contributed by atoms with Crippen LogP contribution in [0.15, 0.2) is 24.3 Å². The predicted octanol–water partition coefficient (Wildman–Crippen LogP) is 2.25. The molecule has 1 aliphatic heterocycles. The van der Waals surface area contributed by atoms with Crippen LogP contribution in [0.1, 0.15) is 32.3 Å². The van der Waals surface area contributed by atoms with E-state index in [-0.39, 0.29) is 30.3 Å². The normalized spacial score (nSPS) is 17.5. The summed E-state index contributed by atoms with van der Waals surface area (Å²) in [7, 11) is 1.38. The highest BCUT2D eigenvalue weighted by Crippen LogP contribution is 2.26. The van der Waals surface area contributed by atoms with Gasteiger partial charge in [-0.3, -0.25) is 9.59 Å². The molecular formula is C16H23ClN2O3. The van der Waals surface area contributed by atoms with Crippen molar-refractivity contribution in [3.8, 4) is 0 Å². The number of nitrogens with one attached hydrogen (secondary N) is 2. The average molecular weight is 327 g/mol. The molecule has 22 heavy (non-hydrogen) atoms. The van der Waals surface area contributed by atoms with Gasteiger partial charge >= 0.3 is 5.97 Å². The highest BCUT2D eigenvalue weighted by molar-refractivity contribution is 5.95. The first kappa shape index (κ1) is 18.5. The van der Waals surface area contributed by atoms with E-state index in [9.17, 15) is 9.59 Å². The highest BCUT2D eigenvalue weighted by Gasteiger charge is 2.30. The van der Waals surface area contributed by atoms with Crippen molar-refractivity contribution in [2.45, 2.75) is 38.1 Å². The quantitative estimate of drug-likeness (QED) is 0.833. The van der Waals surface area contributed by atoms with Gasteiger partial charge in [-0.25, -0.2) is 0 Å². The highest BCUT2D eigenvalue weighted by atomic mass is 35.5. The minimum Gasteiger partial charge on any atom is -0.468 e. The lowest BCUT2D eigenvalue weighted by Gasteiger charge is -2.22. The van der Waals surface area contributed by atoms with Crippen LogP contribution in [0.3, 0.4) is 0 Å². The van der Waals surface area contributed by atoms with Crippen LogP contribution in [-0.4, -0.2) is 31.6 Å². The number of amides is 1. The van der Waals surface area contributed by atoms with Gasteiger partial charge in [0.05, 0.1) is 18.6 Å². The van der Waals surface area contributed by atoms with Crippen LogP contribution < -0.4 is 10.6 Å². The summed E-state index contributed by atoms with van der Waals surface area (Å²) in [5.41, 5.74) is 0.883. The largest absolute Gasteiger partial charge is 0.468 e. The summed E-state index contributed by atoms with van der Waals surface area (Å²) in [6, 6.07) is 7.21. The van der Waals surface area contributed by atoms with Crippen LogP contribution >= 0.6 is 12.4 Å². The van der Waals surface area contributed by atoms with Gasteiger partial charge in [0.25, 0.3) is 0 Å². The van der Waals surface area contributed by atoms with Crippen molar-refractivity contribution >= 4 is 30.0 Å². The molecule has 0 radical (unpaired) electrons. The Kier molecular flexibility index (Phi) is 6.38. The number of carbonyl (C=O) groups excluding carboxylic acids is 2. The molecular weight excluding hydrogens is 304 g/mol. The van der Waals surface area contributed by atoms with Gasteiger partial charge in [-0.05, 0) is 50.9 Å². The summed E-state index contributed by atoms with van der Waals surface area (Å²) >= 11 is 0. The van der Waals surface area contributed by atoms with Gasteiger partial charge in [-0.15, -0.1) is 12.4 Å². The molecule has 2 rings (SSSR count). The molecule has 2 N–H and O–H groups in total. The summed E-state index contributed by atoms with van der Waals surface area (Å²) < 4.78 is 4.81. The number of rotatable bonds is 4. The third kappa shape index (κ3) is 3.99. The van der Waals surface area contributed by atoms with E-state index in [1.54, 1.807) is 0 Å². The van der Waals surface area contributed by atoms with Crippen LogP contribution in [0.25, 0.3) is 0 Å². The van der Waals surface area contributed by atoms with Gasteiger partial charge in [-0.1, -0.05) is 12.1 Å². The van der Waals surface area contributed by atoms with E-state index in [0.717, 1.165) is 30.6 Å². The van der Waals surface area contributed by atoms with Crippen molar-refractivity contribution in [3.05, 3.63) is 29.8 Å². The standard InChI is InChI=1S/C16H22N2O3.ClH/c1-16(2,15(20)21-3)11-6-8-12(9-7-11)18-14(19)13-5-4-10-17-13;/h6-9,13,17H,4-5,10H2,1-3H3,(H,18,19);1H. The Bertz CT molecular complexity index is 523. The van der Waals surface area contributed by atoms with Crippen molar-refractivity contribution in [1.29, 1.82) is 0 Å². The molecule has 1 fully saturated rings. The zero-order valence-electron chi connectivity index (χ0n) is 13.1. The summed E-state index contributed by atoms with van der Waals surface area (Å²) in [6.45, 7) is 4.52. The molecule has 1 aromatic rings. The number of esters is 1. The molecule has 1 aromatic carbocycles. The summed E-state index contributed by atoms with van der Waals surface area (Å²) in [5, 5.41) is 6.05. The monoisotopic (exact) mass is 326 g/mol. The van der Waals surface area contributed by atoms with E-state index in [1.807, 2.05) is 38.1 Å². The predicted molar refractivity (Wildman–Crippen MR) is 88.4 cm³/mol. The number of carbonyl (C=O) groups is 2. The Morgan fingerprint density at radius 3 is 2.41 bits per heavy atom. The molecule has 0 saturated carbocycles. The number of hydrogen-bond acceptors (Lipinski definition) is 4. The maximum Gasteiger partial charge on any atom is 0.315 e. The first-order valence-corrected chi connectivity index (χ1v) is 7.18. The zero-order chi connectivity index (χ0) is 15.5. The Labute approximate surface area is 137 Å². The third-order valence-electron chi connectivity index (χ3n) is 3.95. The molecule has 0 bridgehead atoms. The smallest absolute Gasteiger partial charge is 0.315 e. The first-order valence-electron chi connectivity index (χ1n) is 7.18. The van der Waals surface area contributed by atoms with Crippen LogP contribution in [-0.2, 0) is 19.7 Å². The minimum absolute atomic E-state index is 0. The second kappa shape index (κ2) is 7.61. The molecule has 0 aromatic heterocycles. The van der Waals surface area contributed by atoms with Crippen molar-refractivity contribution < 1.29 is 14.3 Å². The fourth-order valence-corrected chi connectivity index (χ4v) is 2.48. The molecule has 1 heterocycles. The van der Waals surface area contributed by atoms with Crippen LogP contribution in [0.5, 0.6) is 0 Å². The number of benzene rings is 1. The molecule has 122 valence electrons. The van der Waals surface area contributed by atoms with Crippen molar-refractivity contribution in [2.75, 3.05) is 19.0 Å². The van der Waals surface area contributed by atoms with Crippen LogP contribution in [0.4, 0.5) is 5.69 Å². The number of hydrogen-bond donors (Lipinski definition) is 2. The van der Waals surface area contributed by atoms with Crippen molar-refractivity contribution in [3.63, 3.8) is 0 Å². The Hall–Kier alpha value is -1.59. The molecule has 0 aliphatic carbocycles. The molecule has 1 unspecified atom stereocenters. The second-order valence-corrected chi connectivity index (χ2v) is 5.83. The average Bonchev–Trinajstić information content (AvgIpc) is 3.01. The fraction of sp³-hybridized carbons (Fsp3) is 0.500. The maximum atomic E-state index is 12.0. The Balaban J connectivity index is 0.00000242. The SMILES string of the molecule is COC(=O)C(C)(C)c1ccc(NC(=O)C2CCCN2)cc1.Cl. The molecule has 1 saturated heterocycles. The second-order valence-electron chi connectivity index (χ2n) is 5.83. The van der Waals surface area contributed by atoms with Gasteiger partial charge in [-0.2, -0.15) is 0 Å². The van der Waals surface area contributed by atoms with Gasteiger partial charge in [0.15, 0.2) is 0 Å². The van der Waals surface area contributed by atoms with Gasteiger partial charge in [0.2, 0.25) is 5.91 Å². The van der Waals surface area contributed by atoms with E-state index in [2.05, 4.69) is 10.6 Å². The zero-order valence-corrected chi connectivity index (χ0v) is 14.0. The van der Waals surface area contributed by atoms with E-state index in [1.165, 1.54) is 7.11 Å². The van der Waals surface area contributed by atoms with Crippen LogP contribution in [0, 0.1) is 0 Å². The van der Waals surface area contributed by atoms with Gasteiger partial charge in [0.1, 0.15) is 0 Å². The number of methoxy groups -OCH3 is 1. The summed E-state index contributed by atoms with van der Waals surface area (Å²) in [5.74, 6) is -0.290. The first-order chi connectivity index (χ1) is 9.95. The topological polar surface area (TPSA) is 67.4 Å². The van der Waals surface area contributed by atoms with E-state index in [4.69, 9.17) is 4.74 Å². The third-order valence-corrected chi connectivity index (χ3v) is 3.95. The summed E-state index contributed by atoms with van der Waals surface area (Å²) in [6.07, 6.45) is 1.91. The number of halogens is 1. The maximum absolute atomic E-state index is 12.0.